The molecule has 0 bridgehead atoms. The summed E-state index contributed by atoms with van der Waals surface area (Å²) in [5, 5.41) is 1.25. The van der Waals surface area contributed by atoms with E-state index in [0.29, 0.717) is 0 Å². The third-order valence-electron chi connectivity index (χ3n) is 2.53. The minimum atomic E-state index is 0.118. The number of aliphatic imine (C=N–C) groups is 1. The van der Waals surface area contributed by atoms with Crippen molar-refractivity contribution in [2.45, 2.75) is 25.8 Å². The lowest BCUT2D eigenvalue weighted by Crippen LogP contribution is -2.15. The van der Waals surface area contributed by atoms with Gasteiger partial charge in [0.2, 0.25) is 0 Å². The van der Waals surface area contributed by atoms with E-state index in [2.05, 4.69) is 26.0 Å². The second kappa shape index (κ2) is 4.50. The lowest BCUT2D eigenvalue weighted by atomic mass is 10.1. The first-order valence-corrected chi connectivity index (χ1v) is 6.42. The summed E-state index contributed by atoms with van der Waals surface area (Å²) in [4.78, 5) is 4.71. The summed E-state index contributed by atoms with van der Waals surface area (Å²) in [7, 11) is 1.69. The highest BCUT2D eigenvalue weighted by atomic mass is 32.2. The van der Waals surface area contributed by atoms with Gasteiger partial charge in [-0.15, -0.1) is 11.8 Å². The molecule has 3 heteroatoms. The summed E-state index contributed by atoms with van der Waals surface area (Å²) in [5.74, 6) is 2.00. The Kier molecular flexibility index (Phi) is 3.24. The molecule has 0 unspecified atom stereocenters. The first-order chi connectivity index (χ1) is 7.59. The molecule has 1 aromatic carbocycles. The second-order valence-electron chi connectivity index (χ2n) is 4.63. The van der Waals surface area contributed by atoms with Crippen LogP contribution in [0.25, 0.3) is 0 Å². The molecule has 1 aliphatic rings. The summed E-state index contributed by atoms with van der Waals surface area (Å²) in [6.07, 6.45) is 0.943. The van der Waals surface area contributed by atoms with Crippen molar-refractivity contribution in [3.05, 3.63) is 29.8 Å². The number of hydrogen-bond donors (Lipinski definition) is 0. The van der Waals surface area contributed by atoms with Crippen LogP contribution in [0.2, 0.25) is 0 Å². The van der Waals surface area contributed by atoms with Gasteiger partial charge in [-0.05, 0) is 31.5 Å². The Hall–Kier alpha value is -0.960. The zero-order valence-electron chi connectivity index (χ0n) is 9.99. The van der Waals surface area contributed by atoms with Gasteiger partial charge in [-0.3, -0.25) is 4.99 Å². The molecule has 0 radical (unpaired) electrons. The number of ether oxygens (including phenoxy) is 1. The Morgan fingerprint density at radius 1 is 1.31 bits per heavy atom. The van der Waals surface area contributed by atoms with Crippen molar-refractivity contribution in [1.82, 2.24) is 0 Å². The lowest BCUT2D eigenvalue weighted by molar-refractivity contribution is 0.414. The minimum Gasteiger partial charge on any atom is -0.497 e. The standard InChI is InChI=1S/C13H17NOS/c1-13(2)9-16-12(14-13)8-10-4-6-11(15-3)7-5-10/h4-7H,8-9H2,1-3H3. The Morgan fingerprint density at radius 2 is 2.00 bits per heavy atom. The topological polar surface area (TPSA) is 21.6 Å². The highest BCUT2D eigenvalue weighted by Crippen LogP contribution is 2.28. The Labute approximate surface area is 101 Å². The zero-order chi connectivity index (χ0) is 11.6. The quantitative estimate of drug-likeness (QED) is 0.802. The maximum Gasteiger partial charge on any atom is 0.118 e. The maximum absolute atomic E-state index is 5.14. The van der Waals surface area contributed by atoms with Gasteiger partial charge in [0.1, 0.15) is 5.75 Å². The van der Waals surface area contributed by atoms with Crippen LogP contribution in [-0.2, 0) is 6.42 Å². The fourth-order valence-electron chi connectivity index (χ4n) is 1.67. The average Bonchev–Trinajstić information content (AvgIpc) is 2.59. The number of thioether (sulfide) groups is 1. The summed E-state index contributed by atoms with van der Waals surface area (Å²) in [5.41, 5.74) is 1.41. The Bertz CT molecular complexity index is 395. The average molecular weight is 235 g/mol. The van der Waals surface area contributed by atoms with Crippen molar-refractivity contribution in [2.24, 2.45) is 4.99 Å². The Balaban J connectivity index is 2.04. The number of nitrogens with zero attached hydrogens (tertiary/aromatic N) is 1. The summed E-state index contributed by atoms with van der Waals surface area (Å²) in [6.45, 7) is 4.36. The molecule has 2 rings (SSSR count). The highest BCUT2D eigenvalue weighted by molar-refractivity contribution is 8.14. The summed E-state index contributed by atoms with van der Waals surface area (Å²) < 4.78 is 5.14. The molecule has 0 aromatic heterocycles. The molecule has 0 amide bonds. The molecule has 0 aliphatic carbocycles. The lowest BCUT2D eigenvalue weighted by Gasteiger charge is -2.09. The van der Waals surface area contributed by atoms with Crippen molar-refractivity contribution in [3.63, 3.8) is 0 Å². The van der Waals surface area contributed by atoms with Crippen molar-refractivity contribution in [1.29, 1.82) is 0 Å². The second-order valence-corrected chi connectivity index (χ2v) is 5.68. The normalized spacial score (nSPS) is 18.3. The van der Waals surface area contributed by atoms with E-state index >= 15 is 0 Å². The maximum atomic E-state index is 5.14. The van der Waals surface area contributed by atoms with Gasteiger partial charge in [-0.2, -0.15) is 0 Å². The van der Waals surface area contributed by atoms with Gasteiger partial charge in [0.05, 0.1) is 17.7 Å². The van der Waals surface area contributed by atoms with Crippen LogP contribution < -0.4 is 4.74 Å². The molecule has 1 aromatic rings. The molecule has 0 saturated heterocycles. The molecular weight excluding hydrogens is 218 g/mol. The van der Waals surface area contributed by atoms with Gasteiger partial charge in [-0.1, -0.05) is 12.1 Å². The van der Waals surface area contributed by atoms with Crippen molar-refractivity contribution in [3.8, 4) is 5.75 Å². The third kappa shape index (κ3) is 2.79. The van der Waals surface area contributed by atoms with Gasteiger partial charge in [0, 0.05) is 12.2 Å². The molecule has 0 spiro atoms. The molecule has 0 fully saturated rings. The number of benzene rings is 1. The van der Waals surface area contributed by atoms with Crippen LogP contribution in [0.15, 0.2) is 29.3 Å². The Morgan fingerprint density at radius 3 is 2.50 bits per heavy atom. The number of hydrogen-bond acceptors (Lipinski definition) is 3. The first kappa shape index (κ1) is 11.5. The van der Waals surface area contributed by atoms with Crippen LogP contribution in [0.4, 0.5) is 0 Å². The monoisotopic (exact) mass is 235 g/mol. The van der Waals surface area contributed by atoms with Gasteiger partial charge in [0.15, 0.2) is 0 Å². The fraction of sp³-hybridized carbons (Fsp3) is 0.462. The van der Waals surface area contributed by atoms with E-state index in [1.165, 1.54) is 10.6 Å². The molecule has 0 N–H and O–H groups in total. The number of methoxy groups -OCH3 is 1. The largest absolute Gasteiger partial charge is 0.497 e. The molecule has 1 heterocycles. The molecule has 0 saturated carbocycles. The molecular formula is C13H17NOS. The fourth-order valence-corrected chi connectivity index (χ4v) is 2.84. The van der Waals surface area contributed by atoms with Crippen molar-refractivity contribution < 1.29 is 4.74 Å². The molecule has 2 nitrogen and oxygen atoms in total. The van der Waals surface area contributed by atoms with Crippen molar-refractivity contribution >= 4 is 16.8 Å². The molecule has 86 valence electrons. The smallest absolute Gasteiger partial charge is 0.118 e. The summed E-state index contributed by atoms with van der Waals surface area (Å²) >= 11 is 1.87. The minimum absolute atomic E-state index is 0.118. The highest BCUT2D eigenvalue weighted by Gasteiger charge is 2.24. The van der Waals surface area contributed by atoms with E-state index in [1.807, 2.05) is 23.9 Å². The van der Waals surface area contributed by atoms with Gasteiger partial charge < -0.3 is 4.74 Å². The van der Waals surface area contributed by atoms with Crippen molar-refractivity contribution in [2.75, 3.05) is 12.9 Å². The predicted molar refractivity (Wildman–Crippen MR) is 70.7 cm³/mol. The van der Waals surface area contributed by atoms with Crippen LogP contribution in [0.5, 0.6) is 5.75 Å². The van der Waals surface area contributed by atoms with E-state index in [0.717, 1.165) is 17.9 Å². The third-order valence-corrected chi connectivity index (χ3v) is 3.95. The van der Waals surface area contributed by atoms with Crippen LogP contribution in [0, 0.1) is 0 Å². The van der Waals surface area contributed by atoms with Crippen LogP contribution in [0.3, 0.4) is 0 Å². The molecule has 16 heavy (non-hydrogen) atoms. The van der Waals surface area contributed by atoms with E-state index in [9.17, 15) is 0 Å². The van der Waals surface area contributed by atoms with Gasteiger partial charge >= 0.3 is 0 Å². The van der Waals surface area contributed by atoms with Crippen LogP contribution >= 0.6 is 11.8 Å². The number of rotatable bonds is 3. The SMILES string of the molecule is COc1ccc(CC2=NC(C)(C)CS2)cc1. The molecule has 0 atom stereocenters. The van der Waals surface area contributed by atoms with Gasteiger partial charge in [-0.25, -0.2) is 0 Å². The van der Waals surface area contributed by atoms with E-state index in [1.54, 1.807) is 7.11 Å². The summed E-state index contributed by atoms with van der Waals surface area (Å²) in [6, 6.07) is 8.21. The first-order valence-electron chi connectivity index (χ1n) is 5.43. The van der Waals surface area contributed by atoms with Crippen LogP contribution in [-0.4, -0.2) is 23.4 Å². The molecule has 1 aliphatic heterocycles. The van der Waals surface area contributed by atoms with Crippen LogP contribution in [0.1, 0.15) is 19.4 Å². The van der Waals surface area contributed by atoms with Gasteiger partial charge in [0.25, 0.3) is 0 Å². The van der Waals surface area contributed by atoms with E-state index in [-0.39, 0.29) is 5.54 Å². The van der Waals surface area contributed by atoms with E-state index in [4.69, 9.17) is 9.73 Å². The predicted octanol–water partition coefficient (Wildman–Crippen LogP) is 3.16. The van der Waals surface area contributed by atoms with E-state index < -0.39 is 0 Å². The zero-order valence-corrected chi connectivity index (χ0v) is 10.8.